The van der Waals surface area contributed by atoms with E-state index in [9.17, 15) is 13.6 Å². The Bertz CT molecular complexity index is 853. The highest BCUT2D eigenvalue weighted by molar-refractivity contribution is 6.31. The van der Waals surface area contributed by atoms with Crippen molar-refractivity contribution < 1.29 is 18.3 Å². The molecule has 0 spiro atoms. The first-order valence-electron chi connectivity index (χ1n) is 7.56. The monoisotopic (exact) mass is 367 g/mol. The second-order valence-corrected chi connectivity index (χ2v) is 7.00. The van der Waals surface area contributed by atoms with Gasteiger partial charge < -0.3 is 10.1 Å². The highest BCUT2D eigenvalue weighted by atomic mass is 35.5. The van der Waals surface area contributed by atoms with Gasteiger partial charge in [0.05, 0.1) is 22.6 Å². The van der Waals surface area contributed by atoms with Crippen molar-refractivity contribution >= 4 is 34.9 Å². The van der Waals surface area contributed by atoms with Crippen LogP contribution in [0.15, 0.2) is 24.4 Å². The van der Waals surface area contributed by atoms with Crippen LogP contribution in [0.25, 0.3) is 0 Å². The Hall–Kier alpha value is -2.41. The van der Waals surface area contributed by atoms with Gasteiger partial charge >= 0.3 is 6.09 Å². The number of ether oxygens (including phenoxy) is 1. The molecule has 1 aromatic heterocycles. The van der Waals surface area contributed by atoms with Gasteiger partial charge in [0.15, 0.2) is 0 Å². The largest absolute Gasteiger partial charge is 0.443 e. The summed E-state index contributed by atoms with van der Waals surface area (Å²) in [5.41, 5.74) is 0.255. The van der Waals surface area contributed by atoms with Crippen molar-refractivity contribution in [2.24, 2.45) is 0 Å². The molecule has 0 saturated heterocycles. The number of fused-ring (bicyclic) bond motifs is 2. The van der Waals surface area contributed by atoms with Gasteiger partial charge in [-0.1, -0.05) is 11.6 Å². The van der Waals surface area contributed by atoms with E-state index in [1.165, 1.54) is 12.1 Å². The number of nitrogens with zero attached hydrogens (tertiary/aromatic N) is 2. The number of halogens is 3. The summed E-state index contributed by atoms with van der Waals surface area (Å²) >= 11 is 5.84. The molecule has 0 bridgehead atoms. The van der Waals surface area contributed by atoms with Gasteiger partial charge in [-0.3, -0.25) is 0 Å². The number of anilines is 3. The number of hydrogen-bond donors (Lipinski definition) is 1. The summed E-state index contributed by atoms with van der Waals surface area (Å²) in [6.07, 6.45) is 0.243. The van der Waals surface area contributed by atoms with E-state index < -0.39 is 23.3 Å². The van der Waals surface area contributed by atoms with Crippen molar-refractivity contribution in [2.45, 2.75) is 32.9 Å². The lowest BCUT2D eigenvalue weighted by Gasteiger charge is -2.27. The molecule has 1 amide bonds. The van der Waals surface area contributed by atoms with Gasteiger partial charge in [-0.2, -0.15) is 0 Å². The quantitative estimate of drug-likeness (QED) is 0.711. The van der Waals surface area contributed by atoms with Crippen LogP contribution >= 0.6 is 11.6 Å². The summed E-state index contributed by atoms with van der Waals surface area (Å²) in [6, 6.07) is 3.75. The average Bonchev–Trinajstić information content (AvgIpc) is 2.63. The Morgan fingerprint density at radius 3 is 2.72 bits per heavy atom. The molecule has 1 aromatic carbocycles. The third-order valence-electron chi connectivity index (χ3n) is 3.45. The van der Waals surface area contributed by atoms with Crippen molar-refractivity contribution in [1.29, 1.82) is 0 Å². The van der Waals surface area contributed by atoms with Crippen molar-refractivity contribution in [1.82, 2.24) is 4.98 Å². The first-order valence-corrected chi connectivity index (χ1v) is 7.94. The lowest BCUT2D eigenvalue weighted by atomic mass is 10.2. The van der Waals surface area contributed by atoms with Crippen LogP contribution in [0.1, 0.15) is 26.3 Å². The van der Waals surface area contributed by atoms with E-state index in [1.54, 1.807) is 20.8 Å². The number of pyridine rings is 1. The molecular formula is C17H16ClF2N3O2. The maximum Gasteiger partial charge on any atom is 0.420 e. The molecule has 0 aliphatic carbocycles. The summed E-state index contributed by atoms with van der Waals surface area (Å²) in [5.74, 6) is -1.06. The first-order chi connectivity index (χ1) is 11.7. The molecule has 0 radical (unpaired) electrons. The van der Waals surface area contributed by atoms with Crippen LogP contribution in [0.3, 0.4) is 0 Å². The van der Waals surface area contributed by atoms with Gasteiger partial charge in [-0.15, -0.1) is 0 Å². The van der Waals surface area contributed by atoms with Crippen LogP contribution in [-0.2, 0) is 11.3 Å². The van der Waals surface area contributed by atoms with E-state index >= 15 is 0 Å². The molecule has 0 saturated carbocycles. The molecule has 8 heteroatoms. The zero-order valence-corrected chi connectivity index (χ0v) is 14.6. The fourth-order valence-corrected chi connectivity index (χ4v) is 2.63. The molecule has 1 N–H and O–H groups in total. The molecule has 1 aliphatic rings. The van der Waals surface area contributed by atoms with Crippen LogP contribution in [0, 0.1) is 11.6 Å². The van der Waals surface area contributed by atoms with E-state index in [4.69, 9.17) is 16.3 Å². The van der Waals surface area contributed by atoms with Gasteiger partial charge in [0.25, 0.3) is 0 Å². The summed E-state index contributed by atoms with van der Waals surface area (Å²) in [4.78, 5) is 17.9. The molecule has 2 heterocycles. The van der Waals surface area contributed by atoms with Gasteiger partial charge in [-0.05, 0) is 32.9 Å². The zero-order valence-electron chi connectivity index (χ0n) is 13.9. The molecule has 25 heavy (non-hydrogen) atoms. The van der Waals surface area contributed by atoms with E-state index in [1.807, 2.05) is 0 Å². The van der Waals surface area contributed by atoms with Crippen LogP contribution in [0.5, 0.6) is 0 Å². The third kappa shape index (κ3) is 3.51. The van der Waals surface area contributed by atoms with Gasteiger partial charge in [0.1, 0.15) is 23.1 Å². The maximum absolute atomic E-state index is 14.0. The fraction of sp³-hybridized carbons (Fsp3) is 0.294. The van der Waals surface area contributed by atoms with Crippen molar-refractivity contribution in [2.75, 3.05) is 10.2 Å². The average molecular weight is 368 g/mol. The summed E-state index contributed by atoms with van der Waals surface area (Å²) in [5, 5.41) is 2.92. The van der Waals surface area contributed by atoms with Crippen molar-refractivity contribution in [3.63, 3.8) is 0 Å². The molecule has 0 atom stereocenters. The molecular weight excluding hydrogens is 352 g/mol. The highest BCUT2D eigenvalue weighted by Gasteiger charge is 2.32. The molecule has 132 valence electrons. The topological polar surface area (TPSA) is 54.5 Å². The number of hydrogen-bond acceptors (Lipinski definition) is 4. The molecule has 0 unspecified atom stereocenters. The number of aromatic nitrogens is 1. The van der Waals surface area contributed by atoms with Crippen molar-refractivity contribution in [3.05, 3.63) is 46.6 Å². The van der Waals surface area contributed by atoms with E-state index in [0.29, 0.717) is 11.3 Å². The molecule has 0 fully saturated rings. The van der Waals surface area contributed by atoms with Crippen LogP contribution in [0.4, 0.5) is 30.8 Å². The molecule has 1 aliphatic heterocycles. The van der Waals surface area contributed by atoms with Crippen LogP contribution in [0.2, 0.25) is 5.02 Å². The molecule has 5 nitrogen and oxygen atoms in total. The van der Waals surface area contributed by atoms with E-state index in [0.717, 1.165) is 17.2 Å². The second-order valence-electron chi connectivity index (χ2n) is 6.59. The molecule has 2 aromatic rings. The van der Waals surface area contributed by atoms with Gasteiger partial charge in [0.2, 0.25) is 0 Å². The number of nitrogens with one attached hydrogen (secondary N) is 1. The lowest BCUT2D eigenvalue weighted by molar-refractivity contribution is 0.0598. The number of carbonyl (C=O) groups is 1. The Morgan fingerprint density at radius 2 is 2.04 bits per heavy atom. The highest BCUT2D eigenvalue weighted by Crippen LogP contribution is 2.40. The second kappa shape index (κ2) is 6.15. The van der Waals surface area contributed by atoms with E-state index in [2.05, 4.69) is 10.3 Å². The number of amides is 1. The Balaban J connectivity index is 2.19. The first kappa shape index (κ1) is 17.4. The predicted octanol–water partition coefficient (Wildman–Crippen LogP) is 5.01. The minimum Gasteiger partial charge on any atom is -0.443 e. The number of benzene rings is 1. The molecule has 3 rings (SSSR count). The lowest BCUT2D eigenvalue weighted by Crippen LogP contribution is -2.34. The van der Waals surface area contributed by atoms with Gasteiger partial charge in [0, 0.05) is 18.2 Å². The van der Waals surface area contributed by atoms with Crippen LogP contribution < -0.4 is 10.2 Å². The Labute approximate surface area is 148 Å². The zero-order chi connectivity index (χ0) is 18.4. The van der Waals surface area contributed by atoms with Crippen LogP contribution in [-0.4, -0.2) is 16.7 Å². The smallest absolute Gasteiger partial charge is 0.420 e. The normalized spacial score (nSPS) is 13.4. The Morgan fingerprint density at radius 1 is 1.32 bits per heavy atom. The minimum absolute atomic E-state index is 0.0968. The minimum atomic E-state index is -0.776. The van der Waals surface area contributed by atoms with E-state index in [-0.39, 0.29) is 23.1 Å². The third-order valence-corrected chi connectivity index (χ3v) is 3.74. The summed E-state index contributed by atoms with van der Waals surface area (Å²) in [7, 11) is 0. The number of carbonyl (C=O) groups excluding carboxylic acids is 1. The summed E-state index contributed by atoms with van der Waals surface area (Å²) in [6.45, 7) is 5.32. The fourth-order valence-electron chi connectivity index (χ4n) is 2.47. The summed E-state index contributed by atoms with van der Waals surface area (Å²) < 4.78 is 33.0. The van der Waals surface area contributed by atoms with Crippen molar-refractivity contribution in [3.8, 4) is 0 Å². The number of rotatable bonds is 0. The SMILES string of the molecule is CC(C)(C)OC(=O)N1c2cc(F)c(Cl)cc2NCc2cc(F)cnc21. The Kier molecular flexibility index (Phi) is 4.28. The maximum atomic E-state index is 14.0. The standard InChI is InChI=1S/C17H16ClF2N3O2/c1-17(2,3)25-16(24)23-14-6-12(20)11(18)5-13(14)21-7-9-4-10(19)8-22-15(9)23/h4-6,8,21H,7H2,1-3H3. The predicted molar refractivity (Wildman–Crippen MR) is 91.3 cm³/mol. The van der Waals surface area contributed by atoms with Gasteiger partial charge in [-0.25, -0.2) is 23.5 Å².